The van der Waals surface area contributed by atoms with Gasteiger partial charge >= 0.3 is 0 Å². The van der Waals surface area contributed by atoms with Crippen LogP contribution >= 0.6 is 23.2 Å². The van der Waals surface area contributed by atoms with Crippen LogP contribution in [0.15, 0.2) is 42.5 Å². The quantitative estimate of drug-likeness (QED) is 0.523. The molecule has 33 heavy (non-hydrogen) atoms. The van der Waals surface area contributed by atoms with Gasteiger partial charge in [-0.05, 0) is 38.1 Å². The van der Waals surface area contributed by atoms with Gasteiger partial charge in [0.15, 0.2) is 0 Å². The molecule has 2 rings (SSSR count). The molecular weight excluding hydrogens is 489 g/mol. The predicted molar refractivity (Wildman–Crippen MR) is 130 cm³/mol. The van der Waals surface area contributed by atoms with Crippen LogP contribution in [0, 0.1) is 0 Å². The van der Waals surface area contributed by atoms with E-state index in [1.807, 2.05) is 0 Å². The van der Waals surface area contributed by atoms with Gasteiger partial charge in [-0.25, -0.2) is 8.42 Å². The average Bonchev–Trinajstić information content (AvgIpc) is 2.76. The van der Waals surface area contributed by atoms with E-state index in [9.17, 15) is 18.0 Å². The molecule has 11 heteroatoms. The first-order valence-electron chi connectivity index (χ1n) is 10.1. The Balaban J connectivity index is 2.48. The van der Waals surface area contributed by atoms with Crippen molar-refractivity contribution < 1.29 is 22.7 Å². The molecule has 0 spiro atoms. The van der Waals surface area contributed by atoms with Crippen molar-refractivity contribution in [1.82, 2.24) is 10.2 Å². The van der Waals surface area contributed by atoms with Crippen LogP contribution in [-0.2, 0) is 26.2 Å². The highest BCUT2D eigenvalue weighted by atomic mass is 35.5. The lowest BCUT2D eigenvalue weighted by Crippen LogP contribution is -2.50. The smallest absolute Gasteiger partial charge is 0.244 e. The molecule has 0 aliphatic rings. The Bertz CT molecular complexity index is 1090. The summed E-state index contributed by atoms with van der Waals surface area (Å²) in [5, 5.41) is 3.16. The standard InChI is InChI=1S/C22H27Cl2N3O5S/c1-5-32-20-12-7-6-11-19(20)27(33(4,30)31)14-21(28)26(15(2)22(29)25-3)13-16-17(23)9-8-10-18(16)24/h6-12,15H,5,13-14H2,1-4H3,(H,25,29)/t15-/m1/s1. The number of para-hydroxylation sites is 2. The SMILES string of the molecule is CCOc1ccccc1N(CC(=O)N(Cc1c(Cl)cccc1Cl)[C@H](C)C(=O)NC)S(C)(=O)=O. The fourth-order valence-corrected chi connectivity index (χ4v) is 4.55. The van der Waals surface area contributed by atoms with Crippen molar-refractivity contribution in [2.45, 2.75) is 26.4 Å². The number of sulfonamides is 1. The van der Waals surface area contributed by atoms with Crippen molar-refractivity contribution in [3.63, 3.8) is 0 Å². The highest BCUT2D eigenvalue weighted by Crippen LogP contribution is 2.31. The van der Waals surface area contributed by atoms with E-state index in [2.05, 4.69) is 5.32 Å². The molecule has 0 heterocycles. The summed E-state index contributed by atoms with van der Waals surface area (Å²) < 4.78 is 31.8. The van der Waals surface area contributed by atoms with Gasteiger partial charge < -0.3 is 15.0 Å². The Labute approximate surface area is 204 Å². The highest BCUT2D eigenvalue weighted by Gasteiger charge is 2.31. The molecule has 0 fully saturated rings. The minimum absolute atomic E-state index is 0.0867. The fourth-order valence-electron chi connectivity index (χ4n) is 3.18. The second-order valence-electron chi connectivity index (χ2n) is 7.18. The number of rotatable bonds is 10. The van der Waals surface area contributed by atoms with E-state index in [1.165, 1.54) is 11.9 Å². The maximum Gasteiger partial charge on any atom is 0.244 e. The van der Waals surface area contributed by atoms with E-state index in [-0.39, 0.29) is 12.2 Å². The minimum atomic E-state index is -3.87. The lowest BCUT2D eigenvalue weighted by Gasteiger charge is -2.32. The van der Waals surface area contributed by atoms with Crippen LogP contribution in [0.2, 0.25) is 10.0 Å². The third kappa shape index (κ3) is 6.75. The lowest BCUT2D eigenvalue weighted by atomic mass is 10.1. The maximum atomic E-state index is 13.4. The molecule has 8 nitrogen and oxygen atoms in total. The molecule has 0 aromatic heterocycles. The zero-order valence-corrected chi connectivity index (χ0v) is 21.2. The van der Waals surface area contributed by atoms with Crippen LogP contribution in [0.3, 0.4) is 0 Å². The van der Waals surface area contributed by atoms with Gasteiger partial charge in [-0.3, -0.25) is 13.9 Å². The predicted octanol–water partition coefficient (Wildman–Crippen LogP) is 3.32. The lowest BCUT2D eigenvalue weighted by molar-refractivity contribution is -0.139. The second-order valence-corrected chi connectivity index (χ2v) is 9.90. The van der Waals surface area contributed by atoms with Crippen LogP contribution in [0.1, 0.15) is 19.4 Å². The molecule has 0 bridgehead atoms. The molecule has 0 saturated carbocycles. The van der Waals surface area contributed by atoms with Gasteiger partial charge in [0.25, 0.3) is 0 Å². The summed E-state index contributed by atoms with van der Waals surface area (Å²) in [5.74, 6) is -0.718. The number of anilines is 1. The summed E-state index contributed by atoms with van der Waals surface area (Å²) in [6.07, 6.45) is 1.00. The molecule has 1 atom stereocenters. The first kappa shape index (κ1) is 26.8. The summed E-state index contributed by atoms with van der Waals surface area (Å²) in [6, 6.07) is 10.5. The summed E-state index contributed by atoms with van der Waals surface area (Å²) >= 11 is 12.6. The Kier molecular flexibility index (Phi) is 9.39. The molecule has 0 aliphatic heterocycles. The van der Waals surface area contributed by atoms with Gasteiger partial charge in [-0.2, -0.15) is 0 Å². The Hall–Kier alpha value is -2.49. The van der Waals surface area contributed by atoms with Crippen LogP contribution in [-0.4, -0.2) is 57.6 Å². The number of carbonyl (C=O) groups is 2. The normalized spacial score (nSPS) is 12.1. The summed E-state index contributed by atoms with van der Waals surface area (Å²) in [6.45, 7) is 2.99. The number of carbonyl (C=O) groups excluding carboxylic acids is 2. The van der Waals surface area contributed by atoms with Crippen molar-refractivity contribution in [2.75, 3.05) is 30.8 Å². The van der Waals surface area contributed by atoms with E-state index in [4.69, 9.17) is 27.9 Å². The number of nitrogens with zero attached hydrogens (tertiary/aromatic N) is 2. The number of amides is 2. The van der Waals surface area contributed by atoms with E-state index < -0.39 is 34.4 Å². The molecule has 0 radical (unpaired) electrons. The van der Waals surface area contributed by atoms with Gasteiger partial charge in [0.1, 0.15) is 18.3 Å². The second kappa shape index (κ2) is 11.6. The molecule has 2 aromatic rings. The molecule has 2 aromatic carbocycles. The number of hydrogen-bond acceptors (Lipinski definition) is 5. The van der Waals surface area contributed by atoms with Crippen molar-refractivity contribution in [1.29, 1.82) is 0 Å². The molecule has 0 unspecified atom stereocenters. The summed E-state index contributed by atoms with van der Waals surface area (Å²) in [5.41, 5.74) is 0.670. The Morgan fingerprint density at radius 3 is 2.24 bits per heavy atom. The van der Waals surface area contributed by atoms with E-state index in [0.717, 1.165) is 10.6 Å². The summed E-state index contributed by atoms with van der Waals surface area (Å²) in [7, 11) is -2.43. The first-order chi connectivity index (χ1) is 15.5. The minimum Gasteiger partial charge on any atom is -0.492 e. The first-order valence-corrected chi connectivity index (χ1v) is 12.7. The topological polar surface area (TPSA) is 96.0 Å². The van der Waals surface area contributed by atoms with Gasteiger partial charge in [-0.15, -0.1) is 0 Å². The van der Waals surface area contributed by atoms with E-state index in [1.54, 1.807) is 56.3 Å². The number of halogens is 2. The molecule has 0 aliphatic carbocycles. The molecule has 2 amide bonds. The van der Waals surface area contributed by atoms with E-state index in [0.29, 0.717) is 28.0 Å². The van der Waals surface area contributed by atoms with E-state index >= 15 is 0 Å². The average molecular weight is 516 g/mol. The van der Waals surface area contributed by atoms with Crippen LogP contribution in [0.4, 0.5) is 5.69 Å². The van der Waals surface area contributed by atoms with Gasteiger partial charge in [0, 0.05) is 29.2 Å². The number of hydrogen-bond donors (Lipinski definition) is 1. The summed E-state index contributed by atoms with van der Waals surface area (Å²) in [4.78, 5) is 27.1. The van der Waals surface area contributed by atoms with Gasteiger partial charge in [-0.1, -0.05) is 41.4 Å². The number of nitrogens with one attached hydrogen (secondary N) is 1. The number of ether oxygens (including phenoxy) is 1. The fraction of sp³-hybridized carbons (Fsp3) is 0.364. The van der Waals surface area contributed by atoms with Crippen molar-refractivity contribution in [2.24, 2.45) is 0 Å². The highest BCUT2D eigenvalue weighted by molar-refractivity contribution is 7.92. The zero-order valence-electron chi connectivity index (χ0n) is 18.8. The molecule has 180 valence electrons. The van der Waals surface area contributed by atoms with Crippen molar-refractivity contribution in [3.05, 3.63) is 58.1 Å². The third-order valence-electron chi connectivity index (χ3n) is 4.92. The van der Waals surface area contributed by atoms with Crippen LogP contribution < -0.4 is 14.4 Å². The zero-order chi connectivity index (χ0) is 24.8. The Morgan fingerprint density at radius 1 is 1.09 bits per heavy atom. The van der Waals surface area contributed by atoms with Crippen LogP contribution in [0.5, 0.6) is 5.75 Å². The molecular formula is C22H27Cl2N3O5S. The maximum absolute atomic E-state index is 13.4. The van der Waals surface area contributed by atoms with Gasteiger partial charge in [0.05, 0.1) is 18.6 Å². The van der Waals surface area contributed by atoms with Crippen LogP contribution in [0.25, 0.3) is 0 Å². The van der Waals surface area contributed by atoms with Crippen molar-refractivity contribution >= 4 is 50.7 Å². The van der Waals surface area contributed by atoms with Gasteiger partial charge in [0.2, 0.25) is 21.8 Å². The molecule has 1 N–H and O–H groups in total. The molecule has 0 saturated heterocycles. The Morgan fingerprint density at radius 2 is 1.70 bits per heavy atom. The third-order valence-corrected chi connectivity index (χ3v) is 6.75. The van der Waals surface area contributed by atoms with Crippen molar-refractivity contribution in [3.8, 4) is 5.75 Å². The largest absolute Gasteiger partial charge is 0.492 e. The monoisotopic (exact) mass is 515 g/mol. The number of benzene rings is 2. The number of likely N-dealkylation sites (N-methyl/N-ethyl adjacent to an activating group) is 1.